The Hall–Kier alpha value is -0.280. The number of carbonyl (C=O) groups excluding carboxylic acids is 1. The largest absolute Gasteiger partial charge is 0.352 e. The van der Waals surface area contributed by atoms with Gasteiger partial charge >= 0.3 is 0 Å². The van der Waals surface area contributed by atoms with Gasteiger partial charge in [-0.05, 0) is 32.2 Å². The molecule has 1 amide bonds. The first kappa shape index (κ1) is 16.7. The van der Waals surface area contributed by atoms with Crippen molar-refractivity contribution in [2.24, 2.45) is 5.92 Å². The third-order valence-electron chi connectivity index (χ3n) is 3.41. The van der Waals surface area contributed by atoms with E-state index in [9.17, 15) is 4.79 Å². The predicted molar refractivity (Wildman–Crippen MR) is 74.6 cm³/mol. The summed E-state index contributed by atoms with van der Waals surface area (Å²) >= 11 is 0. The maximum absolute atomic E-state index is 12.0. The average molecular weight is 263 g/mol. The summed E-state index contributed by atoms with van der Waals surface area (Å²) in [4.78, 5) is 12.0. The molecule has 0 aromatic rings. The minimum absolute atomic E-state index is 0. The van der Waals surface area contributed by atoms with Crippen LogP contribution in [0.2, 0.25) is 0 Å². The lowest BCUT2D eigenvalue weighted by Gasteiger charge is -2.26. The van der Waals surface area contributed by atoms with Crippen LogP contribution >= 0.6 is 12.4 Å². The number of rotatable bonds is 6. The Labute approximate surface area is 112 Å². The first-order valence-electron chi connectivity index (χ1n) is 6.79. The summed E-state index contributed by atoms with van der Waals surface area (Å²) in [5, 5.41) is 6.50. The molecule has 17 heavy (non-hydrogen) atoms. The van der Waals surface area contributed by atoms with Crippen molar-refractivity contribution in [3.05, 3.63) is 0 Å². The van der Waals surface area contributed by atoms with Gasteiger partial charge in [0, 0.05) is 18.5 Å². The Balaban J connectivity index is 0.00000256. The zero-order chi connectivity index (χ0) is 11.8. The Kier molecular flexibility index (Phi) is 9.56. The highest BCUT2D eigenvalue weighted by Gasteiger charge is 2.20. The van der Waals surface area contributed by atoms with E-state index >= 15 is 0 Å². The average Bonchev–Trinajstić information content (AvgIpc) is 2.31. The molecule has 0 saturated carbocycles. The molecule has 4 heteroatoms. The lowest BCUT2D eigenvalue weighted by Crippen LogP contribution is -2.47. The van der Waals surface area contributed by atoms with Crippen molar-refractivity contribution in [3.63, 3.8) is 0 Å². The molecule has 0 aromatic heterocycles. The zero-order valence-electron chi connectivity index (χ0n) is 11.1. The third-order valence-corrected chi connectivity index (χ3v) is 3.41. The highest BCUT2D eigenvalue weighted by molar-refractivity contribution is 5.85. The van der Waals surface area contributed by atoms with Crippen LogP contribution in [0.4, 0.5) is 0 Å². The Bertz CT molecular complexity index is 206. The van der Waals surface area contributed by atoms with Crippen molar-refractivity contribution in [3.8, 4) is 0 Å². The molecule has 0 spiro atoms. The molecule has 102 valence electrons. The fourth-order valence-corrected chi connectivity index (χ4v) is 2.27. The summed E-state index contributed by atoms with van der Waals surface area (Å²) < 4.78 is 0. The number of unbranched alkanes of at least 4 members (excludes halogenated alkanes) is 1. The molecule has 0 bridgehead atoms. The van der Waals surface area contributed by atoms with Gasteiger partial charge < -0.3 is 10.6 Å². The minimum atomic E-state index is 0. The standard InChI is InChI=1S/C13H26N2O.ClH/c1-3-5-7-11(4-2)13(16)15-12-8-6-9-14-10-12;/h11-12,14H,3-10H2,1-2H3,(H,15,16);1H. The Morgan fingerprint density at radius 2 is 2.24 bits per heavy atom. The number of halogens is 1. The van der Waals surface area contributed by atoms with E-state index in [4.69, 9.17) is 0 Å². The topological polar surface area (TPSA) is 41.1 Å². The maximum Gasteiger partial charge on any atom is 0.223 e. The fraction of sp³-hybridized carbons (Fsp3) is 0.923. The minimum Gasteiger partial charge on any atom is -0.352 e. The third kappa shape index (κ3) is 6.27. The first-order valence-corrected chi connectivity index (χ1v) is 6.79. The van der Waals surface area contributed by atoms with Crippen LogP contribution in [-0.4, -0.2) is 25.0 Å². The monoisotopic (exact) mass is 262 g/mol. The van der Waals surface area contributed by atoms with Crippen LogP contribution in [-0.2, 0) is 4.79 Å². The van der Waals surface area contributed by atoms with Gasteiger partial charge in [0.2, 0.25) is 5.91 Å². The Morgan fingerprint density at radius 3 is 2.76 bits per heavy atom. The van der Waals surface area contributed by atoms with E-state index in [0.29, 0.717) is 6.04 Å². The van der Waals surface area contributed by atoms with Gasteiger partial charge in [-0.3, -0.25) is 4.79 Å². The van der Waals surface area contributed by atoms with Crippen LogP contribution in [0.15, 0.2) is 0 Å². The van der Waals surface area contributed by atoms with E-state index in [1.807, 2.05) is 0 Å². The van der Waals surface area contributed by atoms with Gasteiger partial charge in [0.05, 0.1) is 0 Å². The van der Waals surface area contributed by atoms with Crippen molar-refractivity contribution in [1.29, 1.82) is 0 Å². The van der Waals surface area contributed by atoms with Gasteiger partial charge in [-0.1, -0.05) is 26.7 Å². The highest BCUT2D eigenvalue weighted by Crippen LogP contribution is 2.13. The summed E-state index contributed by atoms with van der Waals surface area (Å²) in [7, 11) is 0. The summed E-state index contributed by atoms with van der Waals surface area (Å²) in [6.07, 6.45) is 6.65. The second-order valence-electron chi connectivity index (χ2n) is 4.80. The van der Waals surface area contributed by atoms with Gasteiger partial charge in [0.15, 0.2) is 0 Å². The summed E-state index contributed by atoms with van der Waals surface area (Å²) in [6.45, 7) is 6.32. The van der Waals surface area contributed by atoms with Crippen LogP contribution in [0.3, 0.4) is 0 Å². The number of hydrogen-bond donors (Lipinski definition) is 2. The molecule has 0 aliphatic carbocycles. The van der Waals surface area contributed by atoms with Crippen molar-refractivity contribution in [1.82, 2.24) is 10.6 Å². The predicted octanol–water partition coefficient (Wildman–Crippen LogP) is 2.49. The number of piperidine rings is 1. The summed E-state index contributed by atoms with van der Waals surface area (Å²) in [5.41, 5.74) is 0. The SMILES string of the molecule is CCCCC(CC)C(=O)NC1CCCNC1.Cl. The van der Waals surface area contributed by atoms with E-state index < -0.39 is 0 Å². The molecule has 2 unspecified atom stereocenters. The Morgan fingerprint density at radius 1 is 1.47 bits per heavy atom. The quantitative estimate of drug-likeness (QED) is 0.772. The van der Waals surface area contributed by atoms with Crippen molar-refractivity contribution < 1.29 is 4.79 Å². The molecule has 0 aromatic carbocycles. The zero-order valence-corrected chi connectivity index (χ0v) is 11.9. The van der Waals surface area contributed by atoms with Crippen LogP contribution in [0.25, 0.3) is 0 Å². The molecule has 1 aliphatic rings. The molecular weight excluding hydrogens is 236 g/mol. The van der Waals surface area contributed by atoms with Gasteiger partial charge in [0.25, 0.3) is 0 Å². The van der Waals surface area contributed by atoms with Crippen molar-refractivity contribution in [2.45, 2.75) is 58.4 Å². The molecule has 1 saturated heterocycles. The lowest BCUT2D eigenvalue weighted by molar-refractivity contribution is -0.126. The molecule has 1 fully saturated rings. The smallest absolute Gasteiger partial charge is 0.223 e. The fourth-order valence-electron chi connectivity index (χ4n) is 2.27. The molecule has 2 N–H and O–H groups in total. The van der Waals surface area contributed by atoms with E-state index in [0.717, 1.165) is 38.8 Å². The summed E-state index contributed by atoms with van der Waals surface area (Å²) in [5.74, 6) is 0.492. The highest BCUT2D eigenvalue weighted by atomic mass is 35.5. The molecule has 1 heterocycles. The molecule has 3 nitrogen and oxygen atoms in total. The van der Waals surface area contributed by atoms with Gasteiger partial charge in [-0.15, -0.1) is 12.4 Å². The number of carbonyl (C=O) groups is 1. The van der Waals surface area contributed by atoms with E-state index in [1.54, 1.807) is 0 Å². The maximum atomic E-state index is 12.0. The van der Waals surface area contributed by atoms with Crippen LogP contribution in [0.5, 0.6) is 0 Å². The van der Waals surface area contributed by atoms with Crippen LogP contribution in [0, 0.1) is 5.92 Å². The normalized spacial score (nSPS) is 21.4. The van der Waals surface area contributed by atoms with E-state index in [-0.39, 0.29) is 24.2 Å². The lowest BCUT2D eigenvalue weighted by atomic mass is 9.97. The van der Waals surface area contributed by atoms with Crippen LogP contribution < -0.4 is 10.6 Å². The second kappa shape index (κ2) is 9.72. The van der Waals surface area contributed by atoms with E-state index in [1.165, 1.54) is 12.8 Å². The van der Waals surface area contributed by atoms with Gasteiger partial charge in [-0.2, -0.15) is 0 Å². The van der Waals surface area contributed by atoms with Crippen molar-refractivity contribution in [2.75, 3.05) is 13.1 Å². The number of nitrogens with one attached hydrogen (secondary N) is 2. The molecule has 1 aliphatic heterocycles. The van der Waals surface area contributed by atoms with Crippen LogP contribution in [0.1, 0.15) is 52.4 Å². The number of hydrogen-bond acceptors (Lipinski definition) is 2. The van der Waals surface area contributed by atoms with Crippen molar-refractivity contribution >= 4 is 18.3 Å². The molecule has 0 radical (unpaired) electrons. The first-order chi connectivity index (χ1) is 7.77. The van der Waals surface area contributed by atoms with Gasteiger partial charge in [0.1, 0.15) is 0 Å². The summed E-state index contributed by atoms with van der Waals surface area (Å²) in [6, 6.07) is 0.358. The van der Waals surface area contributed by atoms with E-state index in [2.05, 4.69) is 24.5 Å². The second-order valence-corrected chi connectivity index (χ2v) is 4.80. The molecular formula is C13H27ClN2O. The van der Waals surface area contributed by atoms with Gasteiger partial charge in [-0.25, -0.2) is 0 Å². The molecule has 2 atom stereocenters. The molecule has 1 rings (SSSR count). The number of amides is 1.